The van der Waals surface area contributed by atoms with Crippen LogP contribution >= 0.6 is 21.4 Å². The summed E-state index contributed by atoms with van der Waals surface area (Å²) < 4.78 is 515. The van der Waals surface area contributed by atoms with Crippen LogP contribution in [0.1, 0.15) is 145 Å². The number of aliphatic hydroxyl groups excluding tert-OH is 3. The van der Waals surface area contributed by atoms with Gasteiger partial charge in [0.15, 0.2) is 16.6 Å². The first kappa shape index (κ1) is 157. The van der Waals surface area contributed by atoms with Gasteiger partial charge in [-0.2, -0.15) is 149 Å². The van der Waals surface area contributed by atoms with Gasteiger partial charge in [0.05, 0.1) is 45.5 Å². The van der Waals surface area contributed by atoms with Crippen LogP contribution < -0.4 is 10.6 Å². The molecule has 0 radical (unpaired) electrons. The Hall–Kier alpha value is -5.34. The largest absolute Gasteiger partial charge is 0.523 e. The molecule has 0 aliphatic rings. The zero-order valence-corrected chi connectivity index (χ0v) is 93.2. The Morgan fingerprint density at radius 3 is 0.701 bits per heavy atom. The van der Waals surface area contributed by atoms with E-state index in [2.05, 4.69) is 54.6 Å². The fraction of sp³-hybridized carbons (Fsp3) is 0.934. The number of halogens is 32. The molecule has 0 aromatic rings. The molecule has 5 N–H and O–H groups in total. The van der Waals surface area contributed by atoms with Crippen molar-refractivity contribution in [3.63, 3.8) is 0 Å². The number of aliphatic hydroxyl groups is 3. The van der Waals surface area contributed by atoms with Crippen LogP contribution in [-0.4, -0.2) is 397 Å². The number of nitrogens with zero attached hydrogens (tertiary/aromatic N) is 5. The monoisotopic (exact) mass is 2390 g/mol. The van der Waals surface area contributed by atoms with Gasteiger partial charge in [-0.1, -0.05) is 41.5 Å². The highest BCUT2D eigenvalue weighted by atomic mass is 35.7. The number of carbonyl (C=O) groups is 5. The van der Waals surface area contributed by atoms with Gasteiger partial charge in [-0.15, -0.1) is 0 Å². The van der Waals surface area contributed by atoms with Crippen LogP contribution in [0.2, 0.25) is 36.3 Å². The molecule has 0 saturated carbocycles. The molecule has 0 spiro atoms. The van der Waals surface area contributed by atoms with Gasteiger partial charge in [-0.25, -0.2) is 40.8 Å². The van der Waals surface area contributed by atoms with Gasteiger partial charge in [0.1, 0.15) is 69.7 Å². The summed E-state index contributed by atoms with van der Waals surface area (Å²) >= 11 is 0. The predicted octanol–water partition coefficient (Wildman–Crippen LogP) is 18.2. The lowest BCUT2D eigenvalue weighted by Gasteiger charge is -2.39. The maximum absolute atomic E-state index is 14.1. The fourth-order valence-corrected chi connectivity index (χ4v) is 9.78. The van der Waals surface area contributed by atoms with Crippen LogP contribution in [0.3, 0.4) is 0 Å². The molecule has 0 saturated heterocycles. The zero-order chi connectivity index (χ0) is 120. The quantitative estimate of drug-likeness (QED) is 0.00723. The minimum Gasteiger partial charge on any atom is -0.444 e. The van der Waals surface area contributed by atoms with Crippen molar-refractivity contribution >= 4 is 107 Å². The van der Waals surface area contributed by atoms with E-state index in [0.717, 1.165) is 34.3 Å². The van der Waals surface area contributed by atoms with Crippen molar-refractivity contribution in [1.29, 1.82) is 0 Å². The first-order valence-corrected chi connectivity index (χ1v) is 55.7. The van der Waals surface area contributed by atoms with Crippen molar-refractivity contribution in [3.05, 3.63) is 0 Å². The first-order chi connectivity index (χ1) is 63.7. The molecule has 0 rings (SSSR count). The van der Waals surface area contributed by atoms with E-state index in [1.165, 1.54) is 57.8 Å². The van der Waals surface area contributed by atoms with Crippen molar-refractivity contribution in [2.75, 3.05) is 166 Å². The molecule has 71 heteroatoms. The molecule has 0 atom stereocenters. The Kier molecular flexibility index (Phi) is 62.4. The number of nitrogens with one attached hydrogen (secondary N) is 2. The summed E-state index contributed by atoms with van der Waals surface area (Å²) in [5.74, 6) is -66.2. The van der Waals surface area contributed by atoms with Gasteiger partial charge < -0.3 is 87.7 Å². The highest BCUT2D eigenvalue weighted by Gasteiger charge is 2.75. The molecule has 0 aromatic heterocycles. The van der Waals surface area contributed by atoms with Crippen molar-refractivity contribution in [1.82, 2.24) is 35.1 Å². The maximum Gasteiger partial charge on any atom is 0.523 e. The molecular weight excluding hydrogens is 2250 g/mol. The number of rotatable bonds is 40. The average molecular weight is 2390 g/mol. The molecule has 0 fully saturated rings. The molecule has 147 heavy (non-hydrogen) atoms. The van der Waals surface area contributed by atoms with E-state index >= 15 is 0 Å². The standard InChI is InChI=1S/C19H35F6NO4Si.C14H20F9NO6S.C13H21F6NO4.C11H20F6O2Si.C9H20N2O4S.C8H18N2O2.CClF3O2S.CH3ClO2S/c1-15(2,3)30-14(27)26(7)10-11-28-12-17(20,21)19(24,25)18(22,23)13-29-31(8,9)16(4,5)6;1-10(2,3)30-9(25)24(4)5-6-28-7-11(15,16)13(19,20)12(17,18)8-29-31(26,27)14(21,22)23;1-10(2,3)24-9(22)20(4)5-6-23-8-12(16,17)13(18,19)11(14,15)7-21;1-8(2,3)20(4,5)19-7-10(14,15)11(16,17)9(12,13)6-18;1-9(2,3)10-8(12)11(4)6-7-15-16(5,13)14;1-8(2,3)9-7(12)10(4)5-6-11;2-8(6,7)1(3,4)5;1-5(2,3)4/h10-13H2,1-9H3;5-8H2,1-4H3;21H,5-8H2,1-4H3;18H,6-7H2,1-5H3;6-7H2,1-5H3,(H,10,12);11H,5-6H2,1-4H3,(H,9,12);;1H3. The topological polar surface area (TPSA) is 415 Å². The normalized spacial score (nSPS) is 13.9. The summed E-state index contributed by atoms with van der Waals surface area (Å²) in [6, 6.07) is -0.416. The van der Waals surface area contributed by atoms with Gasteiger partial charge in [-0.05, 0) is 140 Å². The zero-order valence-electron chi connectivity index (χ0n) is 86.4. The van der Waals surface area contributed by atoms with E-state index in [-0.39, 0.29) is 56.0 Å². The SMILES string of the molecule is CC(C)(C)[Si](C)(C)OCC(F)(F)C(F)(F)C(F)(F)CO.CN(CCO)C(=O)NC(C)(C)C.CN(CCOCC(F)(F)C(F)(F)C(F)(F)CO)C(=O)OC(C)(C)C.CN(CCOCC(F)(F)C(F)(F)C(F)(F)COS(=O)(=O)C(F)(F)F)C(=O)OC(C)(C)C.CN(CCOCC(F)(F)C(F)(F)C(F)(F)CO[Si](C)(C)C(C)(C)C)C(=O)OC(C)(C)C.CN(CCOS(C)(=O)=O)C(=O)NC(C)(C)C.CS(=O)(=O)Cl.O=S(=O)(Cl)C(F)(F)F. The number of urea groups is 2. The molecule has 0 bridgehead atoms. The van der Waals surface area contributed by atoms with E-state index < -0.39 is 261 Å². The smallest absolute Gasteiger partial charge is 0.444 e. The van der Waals surface area contributed by atoms with E-state index in [0.29, 0.717) is 6.54 Å². The van der Waals surface area contributed by atoms with E-state index in [1.807, 2.05) is 41.5 Å². The fourth-order valence-electron chi connectivity index (χ4n) is 7.02. The number of carbonyl (C=O) groups excluding carboxylic acids is 5. The van der Waals surface area contributed by atoms with Gasteiger partial charge in [0.2, 0.25) is 9.05 Å². The lowest BCUT2D eigenvalue weighted by Crippen LogP contribution is -2.59. The highest BCUT2D eigenvalue weighted by Crippen LogP contribution is 2.52. The summed E-state index contributed by atoms with van der Waals surface area (Å²) in [5.41, 5.74) is -14.6. The van der Waals surface area contributed by atoms with Gasteiger partial charge in [0.25, 0.3) is 10.1 Å². The summed E-state index contributed by atoms with van der Waals surface area (Å²) in [4.78, 5) is 63.2. The van der Waals surface area contributed by atoms with Gasteiger partial charge in [-0.3, -0.25) is 8.37 Å². The molecule has 0 aliphatic carbocycles. The molecule has 888 valence electrons. The summed E-state index contributed by atoms with van der Waals surface area (Å²) in [7, 11) is -9.11. The Labute approximate surface area is 846 Å². The summed E-state index contributed by atoms with van der Waals surface area (Å²) in [5, 5.41) is 29.3. The van der Waals surface area contributed by atoms with Gasteiger partial charge in [0, 0.05) is 100 Å². The predicted molar refractivity (Wildman–Crippen MR) is 481 cm³/mol. The third-order valence-electron chi connectivity index (χ3n) is 17.4. The minimum atomic E-state index is -6.73. The minimum absolute atomic E-state index is 0.00589. The highest BCUT2D eigenvalue weighted by molar-refractivity contribution is 8.14. The second-order valence-electron chi connectivity index (χ2n) is 39.4. The summed E-state index contributed by atoms with van der Waals surface area (Å²) in [6.07, 6.45) is -0.600. The molecular formula is C76H137Cl2F30N7O26S4Si2. The van der Waals surface area contributed by atoms with Crippen LogP contribution in [-0.2, 0) is 84.0 Å². The van der Waals surface area contributed by atoms with Crippen LogP contribution in [0.25, 0.3) is 0 Å². The van der Waals surface area contributed by atoms with Gasteiger partial charge >= 0.3 is 132 Å². The molecule has 0 aromatic carbocycles. The van der Waals surface area contributed by atoms with Crippen LogP contribution in [0.4, 0.5) is 156 Å². The molecule has 0 heterocycles. The molecule has 7 amide bonds. The van der Waals surface area contributed by atoms with Crippen LogP contribution in [0.5, 0.6) is 0 Å². The van der Waals surface area contributed by atoms with E-state index in [4.69, 9.17) is 38.4 Å². The van der Waals surface area contributed by atoms with E-state index in [1.54, 1.807) is 110 Å². The third-order valence-corrected chi connectivity index (χ3v) is 29.0. The van der Waals surface area contributed by atoms with Crippen LogP contribution in [0, 0.1) is 0 Å². The van der Waals surface area contributed by atoms with Crippen molar-refractivity contribution < 1.29 is 250 Å². The second-order valence-corrected chi connectivity index (χ2v) is 57.9. The Morgan fingerprint density at radius 1 is 0.313 bits per heavy atom. The lowest BCUT2D eigenvalue weighted by atomic mass is 10.1. The Morgan fingerprint density at radius 2 is 0.517 bits per heavy atom. The number of amides is 7. The number of likely N-dealkylation sites (N-methyl/N-ethyl adjacent to an activating group) is 5. The maximum atomic E-state index is 14.1. The molecule has 0 aliphatic heterocycles. The average Bonchev–Trinajstić information content (AvgIpc) is 0.774. The van der Waals surface area contributed by atoms with Crippen molar-refractivity contribution in [3.8, 4) is 0 Å². The van der Waals surface area contributed by atoms with Crippen molar-refractivity contribution in [2.45, 2.75) is 292 Å². The molecule has 0 unspecified atom stereocenters. The number of hydrogen-bond donors (Lipinski definition) is 5. The molecule has 33 nitrogen and oxygen atoms in total. The lowest BCUT2D eigenvalue weighted by molar-refractivity contribution is -0.326. The first-order valence-electron chi connectivity index (χ1n) is 41.6. The number of hydrogen-bond acceptors (Lipinski definition) is 26. The van der Waals surface area contributed by atoms with E-state index in [9.17, 15) is 189 Å². The summed E-state index contributed by atoms with van der Waals surface area (Å²) in [6.45, 7) is 21.5. The van der Waals surface area contributed by atoms with Crippen LogP contribution in [0.15, 0.2) is 0 Å². The number of alkyl halides is 30. The Balaban J connectivity index is -0.000000261. The Bertz CT molecular complexity index is 4430. The van der Waals surface area contributed by atoms with Crippen molar-refractivity contribution in [2.24, 2.45) is 0 Å². The second kappa shape index (κ2) is 58.4. The third kappa shape index (κ3) is 62.1. The number of ether oxygens (including phenoxy) is 6.